The number of carbonyl (C=O) groups is 2. The first-order valence-electron chi connectivity index (χ1n) is 9.66. The molecule has 8 heteroatoms. The number of amides is 1. The Hall–Kier alpha value is -3.58. The van der Waals surface area contributed by atoms with E-state index >= 15 is 0 Å². The summed E-state index contributed by atoms with van der Waals surface area (Å²) in [5, 5.41) is 8.36. The van der Waals surface area contributed by atoms with Gasteiger partial charge in [0.15, 0.2) is 0 Å². The molecule has 0 unspecified atom stereocenters. The highest BCUT2D eigenvalue weighted by atomic mass is 35.5. The Balaban J connectivity index is 1.56. The maximum atomic E-state index is 12.9. The highest BCUT2D eigenvalue weighted by molar-refractivity contribution is 6.30. The number of nitrogens with zero attached hydrogens (tertiary/aromatic N) is 2. The van der Waals surface area contributed by atoms with Gasteiger partial charge in [0.1, 0.15) is 5.60 Å². The lowest BCUT2D eigenvalue weighted by molar-refractivity contribution is 0.0522. The number of halogens is 1. The highest BCUT2D eigenvalue weighted by Gasteiger charge is 2.20. The number of aromatic amines is 1. The number of H-pyrrole nitrogens is 1. The van der Waals surface area contributed by atoms with Gasteiger partial charge in [0.05, 0.1) is 17.3 Å². The summed E-state index contributed by atoms with van der Waals surface area (Å²) in [7, 11) is 0. The predicted molar refractivity (Wildman–Crippen MR) is 121 cm³/mol. The second kappa shape index (κ2) is 7.92. The zero-order chi connectivity index (χ0) is 22.2. The van der Waals surface area contributed by atoms with Crippen molar-refractivity contribution in [2.45, 2.75) is 26.4 Å². The molecule has 2 aromatic heterocycles. The number of carbonyl (C=O) groups excluding carboxylic acids is 2. The zero-order valence-electron chi connectivity index (χ0n) is 17.3. The molecule has 2 N–H and O–H groups in total. The summed E-state index contributed by atoms with van der Waals surface area (Å²) in [4.78, 5) is 28.2. The molecule has 4 aromatic rings. The van der Waals surface area contributed by atoms with Crippen LogP contribution in [0.25, 0.3) is 22.0 Å². The third-order valence-corrected chi connectivity index (χ3v) is 4.79. The van der Waals surface area contributed by atoms with E-state index in [1.54, 1.807) is 69.7 Å². The molecule has 0 aliphatic heterocycles. The molecule has 1 amide bonds. The number of hydrogen-bond donors (Lipinski definition) is 2. The van der Waals surface area contributed by atoms with E-state index in [0.29, 0.717) is 27.2 Å². The van der Waals surface area contributed by atoms with Gasteiger partial charge < -0.3 is 15.0 Å². The first kappa shape index (κ1) is 20.7. The van der Waals surface area contributed by atoms with Crippen LogP contribution in [0, 0.1) is 0 Å². The van der Waals surface area contributed by atoms with Crippen molar-refractivity contribution >= 4 is 40.2 Å². The van der Waals surface area contributed by atoms with Gasteiger partial charge in [0.25, 0.3) is 5.91 Å². The number of nitrogens with one attached hydrogen (secondary N) is 2. The summed E-state index contributed by atoms with van der Waals surface area (Å²) >= 11 is 5.96. The Morgan fingerprint density at radius 3 is 2.55 bits per heavy atom. The van der Waals surface area contributed by atoms with E-state index in [4.69, 9.17) is 16.3 Å². The van der Waals surface area contributed by atoms with E-state index in [-0.39, 0.29) is 5.91 Å². The SMILES string of the molecule is CC(C)(C)OC(=O)n1ncc2cc(NC(=O)c3c[nH]cc3-c3ccc(Cl)cc3)ccc21. The molecule has 7 nitrogen and oxygen atoms in total. The van der Waals surface area contributed by atoms with Gasteiger partial charge in [-0.1, -0.05) is 23.7 Å². The number of benzene rings is 2. The molecule has 2 aromatic carbocycles. The van der Waals surface area contributed by atoms with Crippen LogP contribution >= 0.6 is 11.6 Å². The molecule has 0 saturated carbocycles. The maximum Gasteiger partial charge on any atom is 0.435 e. The average Bonchev–Trinajstić information content (AvgIpc) is 3.34. The molecule has 158 valence electrons. The topological polar surface area (TPSA) is 89.0 Å². The van der Waals surface area contributed by atoms with Crippen molar-refractivity contribution < 1.29 is 14.3 Å². The summed E-state index contributed by atoms with van der Waals surface area (Å²) in [5.41, 5.74) is 2.71. The molecular weight excluding hydrogens is 416 g/mol. The van der Waals surface area contributed by atoms with Crippen molar-refractivity contribution in [3.05, 3.63) is 71.6 Å². The minimum atomic E-state index is -0.623. The minimum absolute atomic E-state index is 0.259. The van der Waals surface area contributed by atoms with E-state index in [2.05, 4.69) is 15.4 Å². The van der Waals surface area contributed by atoms with Crippen LogP contribution in [0.1, 0.15) is 31.1 Å². The Kier molecular flexibility index (Phi) is 5.29. The summed E-state index contributed by atoms with van der Waals surface area (Å²) in [6.45, 7) is 5.39. The summed E-state index contributed by atoms with van der Waals surface area (Å²) in [6, 6.07) is 12.5. The normalized spacial score (nSPS) is 11.5. The molecule has 0 radical (unpaired) electrons. The lowest BCUT2D eigenvalue weighted by atomic mass is 10.0. The molecule has 31 heavy (non-hydrogen) atoms. The summed E-state index contributed by atoms with van der Waals surface area (Å²) in [6.07, 6.45) is 4.42. The van der Waals surface area contributed by atoms with Gasteiger partial charge in [-0.05, 0) is 56.7 Å². The van der Waals surface area contributed by atoms with Crippen LogP contribution in [0.4, 0.5) is 10.5 Å². The third kappa shape index (κ3) is 4.46. The smallest absolute Gasteiger partial charge is 0.435 e. The molecule has 0 bridgehead atoms. The molecular formula is C23H21ClN4O3. The van der Waals surface area contributed by atoms with Crippen LogP contribution in [0.3, 0.4) is 0 Å². The van der Waals surface area contributed by atoms with Gasteiger partial charge in [-0.3, -0.25) is 4.79 Å². The quantitative estimate of drug-likeness (QED) is 0.429. The van der Waals surface area contributed by atoms with Crippen LogP contribution in [-0.2, 0) is 4.74 Å². The van der Waals surface area contributed by atoms with Crippen molar-refractivity contribution in [3.8, 4) is 11.1 Å². The van der Waals surface area contributed by atoms with E-state index in [1.807, 2.05) is 12.1 Å². The minimum Gasteiger partial charge on any atom is -0.442 e. The summed E-state index contributed by atoms with van der Waals surface area (Å²) < 4.78 is 6.58. The van der Waals surface area contributed by atoms with E-state index < -0.39 is 11.7 Å². The highest BCUT2D eigenvalue weighted by Crippen LogP contribution is 2.27. The number of aromatic nitrogens is 3. The second-order valence-corrected chi connectivity index (χ2v) is 8.49. The van der Waals surface area contributed by atoms with Crippen LogP contribution in [0.5, 0.6) is 0 Å². The Morgan fingerprint density at radius 1 is 1.10 bits per heavy atom. The van der Waals surface area contributed by atoms with Gasteiger partial charge in [0.2, 0.25) is 0 Å². The van der Waals surface area contributed by atoms with Gasteiger partial charge in [-0.2, -0.15) is 9.78 Å². The molecule has 0 aliphatic rings. The van der Waals surface area contributed by atoms with Crippen molar-refractivity contribution in [2.24, 2.45) is 0 Å². The van der Waals surface area contributed by atoms with Gasteiger partial charge in [-0.15, -0.1) is 0 Å². The van der Waals surface area contributed by atoms with Crippen molar-refractivity contribution in [1.29, 1.82) is 0 Å². The fourth-order valence-electron chi connectivity index (χ4n) is 3.18. The largest absolute Gasteiger partial charge is 0.442 e. The Bertz CT molecular complexity index is 1270. The molecule has 2 heterocycles. The molecule has 0 fully saturated rings. The van der Waals surface area contributed by atoms with Crippen LogP contribution < -0.4 is 5.32 Å². The zero-order valence-corrected chi connectivity index (χ0v) is 18.0. The van der Waals surface area contributed by atoms with Crippen LogP contribution in [0.15, 0.2) is 61.1 Å². The number of hydrogen-bond acceptors (Lipinski definition) is 4. The van der Waals surface area contributed by atoms with Gasteiger partial charge in [-0.25, -0.2) is 4.79 Å². The van der Waals surface area contributed by atoms with E-state index in [9.17, 15) is 9.59 Å². The molecule has 0 spiro atoms. The average molecular weight is 437 g/mol. The molecule has 0 aliphatic carbocycles. The number of ether oxygens (including phenoxy) is 1. The molecule has 4 rings (SSSR count). The Morgan fingerprint density at radius 2 is 1.84 bits per heavy atom. The van der Waals surface area contributed by atoms with Gasteiger partial charge >= 0.3 is 6.09 Å². The van der Waals surface area contributed by atoms with Gasteiger partial charge in [0, 0.05) is 34.1 Å². The number of rotatable bonds is 3. The Labute approximate surface area is 184 Å². The lowest BCUT2D eigenvalue weighted by Gasteiger charge is -2.19. The third-order valence-electron chi connectivity index (χ3n) is 4.54. The molecule has 0 atom stereocenters. The fraction of sp³-hybridized carbons (Fsp3) is 0.174. The first-order valence-corrected chi connectivity index (χ1v) is 10.0. The maximum absolute atomic E-state index is 12.9. The monoisotopic (exact) mass is 436 g/mol. The standard InChI is InChI=1S/C23H21ClN4O3/c1-23(2,3)31-22(30)28-20-9-8-17(10-15(20)11-26-28)27-21(29)19-13-25-12-18(19)14-4-6-16(24)7-5-14/h4-13,25H,1-3H3,(H,27,29). The first-order chi connectivity index (χ1) is 14.7. The van der Waals surface area contributed by atoms with Crippen LogP contribution in [-0.4, -0.2) is 32.4 Å². The molecule has 0 saturated heterocycles. The van der Waals surface area contributed by atoms with Crippen molar-refractivity contribution in [1.82, 2.24) is 14.8 Å². The second-order valence-electron chi connectivity index (χ2n) is 8.05. The van der Waals surface area contributed by atoms with Crippen molar-refractivity contribution in [3.63, 3.8) is 0 Å². The van der Waals surface area contributed by atoms with E-state index in [0.717, 1.165) is 11.1 Å². The summed E-state index contributed by atoms with van der Waals surface area (Å²) in [5.74, 6) is -0.259. The number of fused-ring (bicyclic) bond motifs is 1. The lowest BCUT2D eigenvalue weighted by Crippen LogP contribution is -2.27. The van der Waals surface area contributed by atoms with E-state index in [1.165, 1.54) is 4.68 Å². The predicted octanol–water partition coefficient (Wildman–Crippen LogP) is 5.72. The fourth-order valence-corrected chi connectivity index (χ4v) is 3.31. The number of anilines is 1. The van der Waals surface area contributed by atoms with Crippen molar-refractivity contribution in [2.75, 3.05) is 5.32 Å². The van der Waals surface area contributed by atoms with Crippen LogP contribution in [0.2, 0.25) is 5.02 Å².